The molecule has 26 heavy (non-hydrogen) atoms. The van der Waals surface area contributed by atoms with Crippen LogP contribution in [0.25, 0.3) is 10.9 Å². The third-order valence-electron chi connectivity index (χ3n) is 4.61. The summed E-state index contributed by atoms with van der Waals surface area (Å²) in [6, 6.07) is 18.8. The third kappa shape index (κ3) is 3.65. The lowest BCUT2D eigenvalue weighted by Crippen LogP contribution is -2.30. The molecule has 2 aromatic carbocycles. The van der Waals surface area contributed by atoms with Gasteiger partial charge < -0.3 is 9.47 Å². The van der Waals surface area contributed by atoms with Crippen molar-refractivity contribution >= 4 is 10.9 Å². The molecular formula is C22H24N2O2. The molecule has 0 amide bonds. The van der Waals surface area contributed by atoms with Crippen LogP contribution in [0.3, 0.4) is 0 Å². The van der Waals surface area contributed by atoms with Gasteiger partial charge in [0.2, 0.25) is 5.88 Å². The molecule has 0 spiro atoms. The first-order valence-electron chi connectivity index (χ1n) is 9.20. The van der Waals surface area contributed by atoms with Crippen LogP contribution in [0, 0.1) is 0 Å². The number of aromatic nitrogens is 1. The number of pyridine rings is 1. The molecule has 3 aromatic rings. The van der Waals surface area contributed by atoms with Gasteiger partial charge in [0, 0.05) is 30.6 Å². The molecule has 0 radical (unpaired) electrons. The largest absolute Gasteiger partial charge is 0.494 e. The minimum Gasteiger partial charge on any atom is -0.494 e. The van der Waals surface area contributed by atoms with Crippen LogP contribution in [0.4, 0.5) is 0 Å². The van der Waals surface area contributed by atoms with Crippen molar-refractivity contribution in [3.8, 4) is 11.6 Å². The SMILES string of the molecule is CCOc1ccc2nc3c(cc2c1)CN(Cc1ccccc1)C[C@@H](C)O3. The zero-order valence-corrected chi connectivity index (χ0v) is 15.3. The molecule has 0 fully saturated rings. The first-order chi connectivity index (χ1) is 12.7. The first kappa shape index (κ1) is 16.9. The van der Waals surface area contributed by atoms with Gasteiger partial charge in [-0.1, -0.05) is 30.3 Å². The first-order valence-corrected chi connectivity index (χ1v) is 9.20. The van der Waals surface area contributed by atoms with E-state index in [0.29, 0.717) is 6.61 Å². The van der Waals surface area contributed by atoms with E-state index in [4.69, 9.17) is 14.5 Å². The fourth-order valence-electron chi connectivity index (χ4n) is 3.51. The Kier molecular flexibility index (Phi) is 4.76. The summed E-state index contributed by atoms with van der Waals surface area (Å²) in [6.45, 7) is 7.38. The van der Waals surface area contributed by atoms with Gasteiger partial charge in [0.05, 0.1) is 12.1 Å². The van der Waals surface area contributed by atoms with Crippen LogP contribution in [0.2, 0.25) is 0 Å². The molecule has 1 atom stereocenters. The molecule has 134 valence electrons. The molecule has 0 N–H and O–H groups in total. The molecule has 1 aliphatic rings. The number of hydrogen-bond donors (Lipinski definition) is 0. The minimum absolute atomic E-state index is 0.104. The third-order valence-corrected chi connectivity index (χ3v) is 4.61. The monoisotopic (exact) mass is 348 g/mol. The normalized spacial score (nSPS) is 17.4. The summed E-state index contributed by atoms with van der Waals surface area (Å²) < 4.78 is 11.8. The van der Waals surface area contributed by atoms with E-state index in [-0.39, 0.29) is 6.10 Å². The number of nitrogens with zero attached hydrogens (tertiary/aromatic N) is 2. The maximum Gasteiger partial charge on any atom is 0.218 e. The Balaban J connectivity index is 1.66. The zero-order valence-electron chi connectivity index (χ0n) is 15.3. The highest BCUT2D eigenvalue weighted by Gasteiger charge is 2.22. The van der Waals surface area contributed by atoms with Gasteiger partial charge in [0.1, 0.15) is 11.9 Å². The van der Waals surface area contributed by atoms with E-state index in [9.17, 15) is 0 Å². The summed E-state index contributed by atoms with van der Waals surface area (Å²) >= 11 is 0. The van der Waals surface area contributed by atoms with Crippen LogP contribution < -0.4 is 9.47 Å². The second-order valence-electron chi connectivity index (χ2n) is 6.82. The van der Waals surface area contributed by atoms with Crippen LogP contribution >= 0.6 is 0 Å². The highest BCUT2D eigenvalue weighted by Crippen LogP contribution is 2.29. The van der Waals surface area contributed by atoms with Gasteiger partial charge >= 0.3 is 0 Å². The van der Waals surface area contributed by atoms with Crippen molar-refractivity contribution < 1.29 is 9.47 Å². The van der Waals surface area contributed by atoms with E-state index >= 15 is 0 Å². The Morgan fingerprint density at radius 3 is 2.81 bits per heavy atom. The second kappa shape index (κ2) is 7.34. The van der Waals surface area contributed by atoms with Crippen molar-refractivity contribution in [2.45, 2.75) is 33.0 Å². The molecule has 0 aliphatic carbocycles. The van der Waals surface area contributed by atoms with Crippen molar-refractivity contribution in [3.63, 3.8) is 0 Å². The van der Waals surface area contributed by atoms with Crippen LogP contribution in [0.15, 0.2) is 54.6 Å². The summed E-state index contributed by atoms with van der Waals surface area (Å²) in [5.74, 6) is 1.63. The average Bonchev–Trinajstić information content (AvgIpc) is 2.78. The summed E-state index contributed by atoms with van der Waals surface area (Å²) in [7, 11) is 0. The number of benzene rings is 2. The van der Waals surface area contributed by atoms with Gasteiger partial charge in [-0.25, -0.2) is 4.98 Å². The lowest BCUT2D eigenvalue weighted by atomic mass is 10.1. The minimum atomic E-state index is 0.104. The van der Waals surface area contributed by atoms with Gasteiger partial charge in [-0.2, -0.15) is 0 Å². The Hall–Kier alpha value is -2.59. The standard InChI is InChI=1S/C22H24N2O2/c1-3-25-20-9-10-21-18(12-20)11-19-15-24(13-16(2)26-22(19)23-21)14-17-7-5-4-6-8-17/h4-12,16H,3,13-15H2,1-2H3/t16-/m1/s1. The molecule has 1 aromatic heterocycles. The molecule has 2 heterocycles. The Morgan fingerprint density at radius 1 is 1.15 bits per heavy atom. The molecular weight excluding hydrogens is 324 g/mol. The highest BCUT2D eigenvalue weighted by molar-refractivity contribution is 5.81. The van der Waals surface area contributed by atoms with Gasteiger partial charge in [-0.3, -0.25) is 4.90 Å². The van der Waals surface area contributed by atoms with Gasteiger partial charge in [0.25, 0.3) is 0 Å². The lowest BCUT2D eigenvalue weighted by Gasteiger charge is -2.21. The van der Waals surface area contributed by atoms with Crippen molar-refractivity contribution in [2.24, 2.45) is 0 Å². The molecule has 0 unspecified atom stereocenters. The molecule has 0 saturated carbocycles. The quantitative estimate of drug-likeness (QED) is 0.699. The van der Waals surface area contributed by atoms with Gasteiger partial charge in [-0.15, -0.1) is 0 Å². The predicted molar refractivity (Wildman–Crippen MR) is 104 cm³/mol. The Bertz CT molecular complexity index is 895. The average molecular weight is 348 g/mol. The summed E-state index contributed by atoms with van der Waals surface area (Å²) in [6.07, 6.45) is 0.104. The molecule has 4 rings (SSSR count). The van der Waals surface area contributed by atoms with E-state index in [1.165, 1.54) is 5.56 Å². The number of fused-ring (bicyclic) bond motifs is 2. The second-order valence-corrected chi connectivity index (χ2v) is 6.82. The lowest BCUT2D eigenvalue weighted by molar-refractivity contribution is 0.153. The predicted octanol–water partition coefficient (Wildman–Crippen LogP) is 4.42. The van der Waals surface area contributed by atoms with Crippen molar-refractivity contribution in [2.75, 3.05) is 13.2 Å². The summed E-state index contributed by atoms with van der Waals surface area (Å²) in [4.78, 5) is 7.19. The van der Waals surface area contributed by atoms with E-state index in [1.807, 2.05) is 19.1 Å². The Labute approximate surface area is 154 Å². The molecule has 0 bridgehead atoms. The van der Waals surface area contributed by atoms with Crippen LogP contribution in [0.5, 0.6) is 11.6 Å². The highest BCUT2D eigenvalue weighted by atomic mass is 16.5. The fourth-order valence-corrected chi connectivity index (χ4v) is 3.51. The maximum absolute atomic E-state index is 6.13. The molecule has 4 nitrogen and oxygen atoms in total. The number of rotatable bonds is 4. The van der Waals surface area contributed by atoms with Crippen LogP contribution in [-0.4, -0.2) is 29.1 Å². The van der Waals surface area contributed by atoms with Crippen LogP contribution in [-0.2, 0) is 13.1 Å². The molecule has 0 saturated heterocycles. The molecule has 4 heteroatoms. The van der Waals surface area contributed by atoms with E-state index in [2.05, 4.69) is 54.3 Å². The van der Waals surface area contributed by atoms with Crippen molar-refractivity contribution in [1.82, 2.24) is 9.88 Å². The number of ether oxygens (including phenoxy) is 2. The van der Waals surface area contributed by atoms with E-state index in [1.54, 1.807) is 0 Å². The zero-order chi connectivity index (χ0) is 17.9. The van der Waals surface area contributed by atoms with Gasteiger partial charge in [0.15, 0.2) is 0 Å². The van der Waals surface area contributed by atoms with Crippen molar-refractivity contribution in [3.05, 3.63) is 65.7 Å². The van der Waals surface area contributed by atoms with Crippen LogP contribution in [0.1, 0.15) is 25.0 Å². The number of hydrogen-bond acceptors (Lipinski definition) is 4. The summed E-state index contributed by atoms with van der Waals surface area (Å²) in [5.41, 5.74) is 3.39. The van der Waals surface area contributed by atoms with E-state index in [0.717, 1.165) is 47.7 Å². The maximum atomic E-state index is 6.13. The molecule has 1 aliphatic heterocycles. The fraction of sp³-hybridized carbons (Fsp3) is 0.318. The topological polar surface area (TPSA) is 34.6 Å². The van der Waals surface area contributed by atoms with Crippen molar-refractivity contribution in [1.29, 1.82) is 0 Å². The van der Waals surface area contributed by atoms with E-state index < -0.39 is 0 Å². The summed E-state index contributed by atoms with van der Waals surface area (Å²) in [5, 5.41) is 1.09. The van der Waals surface area contributed by atoms with Gasteiger partial charge in [-0.05, 0) is 43.7 Å². The smallest absolute Gasteiger partial charge is 0.218 e. The Morgan fingerprint density at radius 2 is 2.00 bits per heavy atom.